The average molecular weight is 361 g/mol. The van der Waals surface area contributed by atoms with Crippen LogP contribution in [0, 0.1) is 5.82 Å². The molecule has 6 nitrogen and oxygen atoms in total. The van der Waals surface area contributed by atoms with Crippen LogP contribution >= 0.6 is 0 Å². The van der Waals surface area contributed by atoms with E-state index in [0.29, 0.717) is 17.8 Å². The van der Waals surface area contributed by atoms with Gasteiger partial charge in [0.25, 0.3) is 5.91 Å². The van der Waals surface area contributed by atoms with Crippen molar-refractivity contribution in [2.75, 3.05) is 33.1 Å². The fourth-order valence-electron chi connectivity index (χ4n) is 2.58. The molecule has 2 rings (SSSR count). The van der Waals surface area contributed by atoms with Crippen molar-refractivity contribution < 1.29 is 28.4 Å². The summed E-state index contributed by atoms with van der Waals surface area (Å²) >= 11 is 0. The second kappa shape index (κ2) is 8.96. The number of rotatable bonds is 7. The molecular formula is C19H22FN2O4+. The third-order valence-corrected chi connectivity index (χ3v) is 3.79. The van der Waals surface area contributed by atoms with Crippen LogP contribution in [0.5, 0.6) is 5.75 Å². The molecule has 2 aromatic carbocycles. The molecule has 1 amide bonds. The van der Waals surface area contributed by atoms with Gasteiger partial charge in [-0.1, -0.05) is 12.1 Å². The van der Waals surface area contributed by atoms with Crippen molar-refractivity contribution in [2.45, 2.75) is 6.54 Å². The molecule has 0 aliphatic rings. The number of carbonyl (C=O) groups excluding carboxylic acids is 2. The summed E-state index contributed by atoms with van der Waals surface area (Å²) in [5.41, 5.74) is 1.44. The highest BCUT2D eigenvalue weighted by molar-refractivity contribution is 6.01. The third kappa shape index (κ3) is 5.03. The van der Waals surface area contributed by atoms with Gasteiger partial charge in [-0.2, -0.15) is 0 Å². The number of hydrogen-bond donors (Lipinski definition) is 2. The van der Waals surface area contributed by atoms with Gasteiger partial charge in [0, 0.05) is 5.56 Å². The first-order valence-corrected chi connectivity index (χ1v) is 8.05. The SMILES string of the molecule is COC(=O)c1ccccc1NC(=O)C[NH+](C)Cc1ccc(OC)c(F)c1. The first kappa shape index (κ1) is 19.4. The van der Waals surface area contributed by atoms with Crippen LogP contribution in [-0.2, 0) is 16.1 Å². The number of likely N-dealkylation sites (N-methyl/N-ethyl adjacent to an activating group) is 1. The summed E-state index contributed by atoms with van der Waals surface area (Å²) < 4.78 is 23.3. The smallest absolute Gasteiger partial charge is 0.339 e. The second-order valence-electron chi connectivity index (χ2n) is 5.86. The van der Waals surface area contributed by atoms with Crippen molar-refractivity contribution in [3.05, 3.63) is 59.4 Å². The quantitative estimate of drug-likeness (QED) is 0.729. The van der Waals surface area contributed by atoms with E-state index in [4.69, 9.17) is 9.47 Å². The second-order valence-corrected chi connectivity index (χ2v) is 5.86. The molecule has 0 saturated carbocycles. The van der Waals surface area contributed by atoms with Crippen molar-refractivity contribution in [1.29, 1.82) is 0 Å². The minimum atomic E-state index is -0.518. The van der Waals surface area contributed by atoms with Crippen LogP contribution in [0.15, 0.2) is 42.5 Å². The lowest BCUT2D eigenvalue weighted by atomic mass is 10.1. The predicted molar refractivity (Wildman–Crippen MR) is 94.8 cm³/mol. The van der Waals surface area contributed by atoms with Crippen LogP contribution in [0.4, 0.5) is 10.1 Å². The Balaban J connectivity index is 1.98. The van der Waals surface area contributed by atoms with Gasteiger partial charge in [0.1, 0.15) is 6.54 Å². The molecule has 1 atom stereocenters. The highest BCUT2D eigenvalue weighted by atomic mass is 19.1. The van der Waals surface area contributed by atoms with E-state index in [0.717, 1.165) is 10.5 Å². The minimum absolute atomic E-state index is 0.156. The lowest BCUT2D eigenvalue weighted by Crippen LogP contribution is -3.08. The predicted octanol–water partition coefficient (Wildman–Crippen LogP) is 1.27. The molecule has 2 aromatic rings. The molecule has 0 heterocycles. The number of methoxy groups -OCH3 is 2. The molecule has 0 aliphatic carbocycles. The number of ether oxygens (including phenoxy) is 2. The average Bonchev–Trinajstić information content (AvgIpc) is 2.61. The molecule has 0 radical (unpaired) electrons. The summed E-state index contributed by atoms with van der Waals surface area (Å²) in [6.45, 7) is 0.621. The summed E-state index contributed by atoms with van der Waals surface area (Å²) in [7, 11) is 4.52. The molecule has 0 spiro atoms. The molecule has 7 heteroatoms. The normalized spacial score (nSPS) is 11.5. The monoisotopic (exact) mass is 361 g/mol. The third-order valence-electron chi connectivity index (χ3n) is 3.79. The molecule has 0 aliphatic heterocycles. The van der Waals surface area contributed by atoms with Gasteiger partial charge in [0.15, 0.2) is 18.1 Å². The highest BCUT2D eigenvalue weighted by Crippen LogP contribution is 2.17. The Labute approximate surface area is 151 Å². The summed E-state index contributed by atoms with van der Waals surface area (Å²) in [6, 6.07) is 11.3. The first-order chi connectivity index (χ1) is 12.4. The van der Waals surface area contributed by atoms with Gasteiger partial charge in [-0.05, 0) is 30.3 Å². The van der Waals surface area contributed by atoms with Crippen molar-refractivity contribution in [2.24, 2.45) is 0 Å². The molecule has 1 unspecified atom stereocenters. The van der Waals surface area contributed by atoms with E-state index in [1.54, 1.807) is 36.4 Å². The number of nitrogens with one attached hydrogen (secondary N) is 2. The molecule has 0 aromatic heterocycles. The van der Waals surface area contributed by atoms with Crippen LogP contribution in [0.2, 0.25) is 0 Å². The Hall–Kier alpha value is -2.93. The van der Waals surface area contributed by atoms with E-state index in [2.05, 4.69) is 5.32 Å². The van der Waals surface area contributed by atoms with Gasteiger partial charge >= 0.3 is 5.97 Å². The zero-order chi connectivity index (χ0) is 19.1. The molecule has 0 bridgehead atoms. The molecule has 0 fully saturated rings. The van der Waals surface area contributed by atoms with Crippen molar-refractivity contribution in [3.8, 4) is 5.75 Å². The van der Waals surface area contributed by atoms with Crippen LogP contribution in [-0.4, -0.2) is 39.7 Å². The number of para-hydroxylation sites is 1. The van der Waals surface area contributed by atoms with E-state index in [1.165, 1.54) is 20.3 Å². The summed E-state index contributed by atoms with van der Waals surface area (Å²) in [4.78, 5) is 24.9. The molecule has 0 saturated heterocycles. The number of halogens is 1. The maximum Gasteiger partial charge on any atom is 0.339 e. The van der Waals surface area contributed by atoms with Crippen molar-refractivity contribution in [3.63, 3.8) is 0 Å². The van der Waals surface area contributed by atoms with E-state index < -0.39 is 11.8 Å². The largest absolute Gasteiger partial charge is 0.494 e. The van der Waals surface area contributed by atoms with Crippen LogP contribution < -0.4 is 15.0 Å². The summed E-state index contributed by atoms with van der Waals surface area (Å²) in [5, 5.41) is 2.72. The van der Waals surface area contributed by atoms with Gasteiger partial charge in [-0.3, -0.25) is 4.79 Å². The minimum Gasteiger partial charge on any atom is -0.494 e. The zero-order valence-corrected chi connectivity index (χ0v) is 15.0. The number of esters is 1. The Kier molecular flexibility index (Phi) is 6.68. The Morgan fingerprint density at radius 2 is 1.88 bits per heavy atom. The van der Waals surface area contributed by atoms with Gasteiger partial charge in [0.2, 0.25) is 0 Å². The fourth-order valence-corrected chi connectivity index (χ4v) is 2.58. The summed E-state index contributed by atoms with van der Waals surface area (Å²) in [6.07, 6.45) is 0. The first-order valence-electron chi connectivity index (χ1n) is 8.05. The number of anilines is 1. The van der Waals surface area contributed by atoms with E-state index >= 15 is 0 Å². The number of carbonyl (C=O) groups is 2. The Morgan fingerprint density at radius 3 is 2.54 bits per heavy atom. The lowest BCUT2D eigenvalue weighted by Gasteiger charge is -2.15. The summed E-state index contributed by atoms with van der Waals surface area (Å²) in [5.74, 6) is -1.03. The number of benzene rings is 2. The Bertz CT molecular complexity index is 795. The Morgan fingerprint density at radius 1 is 1.15 bits per heavy atom. The van der Waals surface area contributed by atoms with E-state index in [9.17, 15) is 14.0 Å². The number of quaternary nitrogens is 1. The lowest BCUT2D eigenvalue weighted by molar-refractivity contribution is -0.885. The number of amides is 1. The van der Waals surface area contributed by atoms with Crippen LogP contribution in [0.25, 0.3) is 0 Å². The van der Waals surface area contributed by atoms with E-state index in [-0.39, 0.29) is 18.2 Å². The van der Waals surface area contributed by atoms with Crippen molar-refractivity contribution in [1.82, 2.24) is 0 Å². The molecule has 26 heavy (non-hydrogen) atoms. The van der Waals surface area contributed by atoms with Gasteiger partial charge in [-0.25, -0.2) is 9.18 Å². The maximum atomic E-state index is 13.7. The van der Waals surface area contributed by atoms with Gasteiger partial charge < -0.3 is 19.7 Å². The van der Waals surface area contributed by atoms with Crippen LogP contribution in [0.1, 0.15) is 15.9 Å². The van der Waals surface area contributed by atoms with Gasteiger partial charge in [-0.15, -0.1) is 0 Å². The maximum absolute atomic E-state index is 13.7. The van der Waals surface area contributed by atoms with E-state index in [1.807, 2.05) is 7.05 Å². The number of hydrogen-bond acceptors (Lipinski definition) is 4. The zero-order valence-electron chi connectivity index (χ0n) is 15.0. The molecule has 2 N–H and O–H groups in total. The standard InChI is InChI=1S/C19H21FN2O4/c1-22(11-13-8-9-17(25-2)15(20)10-13)12-18(23)21-16-7-5-4-6-14(16)19(24)26-3/h4-10H,11-12H2,1-3H3,(H,21,23)/p+1. The van der Waals surface area contributed by atoms with Gasteiger partial charge in [0.05, 0.1) is 32.5 Å². The fraction of sp³-hybridized carbons (Fsp3) is 0.263. The van der Waals surface area contributed by atoms with Crippen LogP contribution in [0.3, 0.4) is 0 Å². The molecular weight excluding hydrogens is 339 g/mol. The highest BCUT2D eigenvalue weighted by Gasteiger charge is 2.16. The van der Waals surface area contributed by atoms with Crippen molar-refractivity contribution >= 4 is 17.6 Å². The molecule has 138 valence electrons. The topological polar surface area (TPSA) is 69.1 Å².